The fraction of sp³-hybridized carbons (Fsp3) is 1.00. The van der Waals surface area contributed by atoms with Crippen LogP contribution in [0.3, 0.4) is 0 Å². The minimum absolute atomic E-state index is 1.22. The molecule has 0 unspecified atom stereocenters. The van der Waals surface area contributed by atoms with Crippen molar-refractivity contribution in [2.45, 2.75) is 51.5 Å². The average molecular weight is 228 g/mol. The van der Waals surface area contributed by atoms with Gasteiger partial charge in [0, 0.05) is 5.41 Å². The second-order valence-corrected chi connectivity index (χ2v) is 8.13. The second-order valence-electron chi connectivity index (χ2n) is 5.38. The van der Waals surface area contributed by atoms with Gasteiger partial charge in [-0.3, -0.25) is 0 Å². The third-order valence-electron chi connectivity index (χ3n) is 2.02. The third-order valence-corrected chi connectivity index (χ3v) is 4.92. The molecule has 2 nitrogen and oxygen atoms in total. The van der Waals surface area contributed by atoms with Crippen LogP contribution in [0.2, 0.25) is 0 Å². The van der Waals surface area contributed by atoms with Gasteiger partial charge in [-0.05, 0) is 20.8 Å². The lowest BCUT2D eigenvalue weighted by molar-refractivity contribution is -0.0176. The Morgan fingerprint density at radius 1 is 0.857 bits per heavy atom. The van der Waals surface area contributed by atoms with E-state index in [0.717, 1.165) is 0 Å². The van der Waals surface area contributed by atoms with Gasteiger partial charge in [-0.2, -0.15) is 8.78 Å². The summed E-state index contributed by atoms with van der Waals surface area (Å²) in [4.78, 5) is 0. The van der Waals surface area contributed by atoms with E-state index in [4.69, 9.17) is 0 Å². The third kappa shape index (κ3) is 1.92. The highest BCUT2D eigenvalue weighted by molar-refractivity contribution is 7.93. The SMILES string of the molecule is CC(C)(C)C(F)(F)S(=O)(=O)C(C)(C)C. The van der Waals surface area contributed by atoms with E-state index in [9.17, 15) is 17.2 Å². The van der Waals surface area contributed by atoms with Crippen LogP contribution < -0.4 is 0 Å². The van der Waals surface area contributed by atoms with E-state index in [2.05, 4.69) is 0 Å². The molecule has 0 saturated carbocycles. The lowest BCUT2D eigenvalue weighted by Gasteiger charge is -2.34. The van der Waals surface area contributed by atoms with Crippen LogP contribution in [0.25, 0.3) is 0 Å². The smallest absolute Gasteiger partial charge is 0.222 e. The summed E-state index contributed by atoms with van der Waals surface area (Å²) in [6.45, 7) is 7.49. The molecule has 86 valence electrons. The van der Waals surface area contributed by atoms with Crippen molar-refractivity contribution in [3.05, 3.63) is 0 Å². The van der Waals surface area contributed by atoms with Gasteiger partial charge in [0.05, 0.1) is 4.75 Å². The van der Waals surface area contributed by atoms with Crippen LogP contribution in [0.4, 0.5) is 8.78 Å². The topological polar surface area (TPSA) is 34.1 Å². The predicted octanol–water partition coefficient (Wildman–Crippen LogP) is 2.84. The first-order valence-electron chi connectivity index (χ1n) is 4.37. The quantitative estimate of drug-likeness (QED) is 0.691. The zero-order valence-electron chi connectivity index (χ0n) is 9.48. The van der Waals surface area contributed by atoms with Crippen molar-refractivity contribution >= 4 is 9.84 Å². The standard InChI is InChI=1S/C9H18F2O2S/c1-7(2,3)9(10,11)14(12,13)8(4,5)6/h1-6H3. The van der Waals surface area contributed by atoms with Crippen LogP contribution >= 0.6 is 0 Å². The molecule has 0 aliphatic heterocycles. The number of rotatable bonds is 1. The number of halogens is 2. The first-order valence-corrected chi connectivity index (χ1v) is 5.85. The van der Waals surface area contributed by atoms with Gasteiger partial charge in [0.25, 0.3) is 0 Å². The minimum atomic E-state index is -4.47. The Hall–Kier alpha value is -0.190. The van der Waals surface area contributed by atoms with Gasteiger partial charge in [-0.25, -0.2) is 8.42 Å². The van der Waals surface area contributed by atoms with Gasteiger partial charge in [-0.1, -0.05) is 20.8 Å². The van der Waals surface area contributed by atoms with Crippen molar-refractivity contribution in [2.75, 3.05) is 0 Å². The van der Waals surface area contributed by atoms with Crippen LogP contribution in [-0.4, -0.2) is 18.4 Å². The largest absolute Gasteiger partial charge is 0.350 e. The van der Waals surface area contributed by atoms with Gasteiger partial charge in [0.2, 0.25) is 9.84 Å². The Kier molecular flexibility index (Phi) is 3.11. The van der Waals surface area contributed by atoms with Crippen LogP contribution in [0.5, 0.6) is 0 Å². The molecular weight excluding hydrogens is 210 g/mol. The molecule has 0 amide bonds. The summed E-state index contributed by atoms with van der Waals surface area (Å²) < 4.78 is 48.9. The molecule has 0 aliphatic rings. The number of hydrogen-bond acceptors (Lipinski definition) is 2. The molecule has 0 aliphatic carbocycles. The summed E-state index contributed by atoms with van der Waals surface area (Å²) in [5, 5.41) is -3.71. The van der Waals surface area contributed by atoms with E-state index in [0.29, 0.717) is 0 Å². The first kappa shape index (κ1) is 13.8. The van der Waals surface area contributed by atoms with Crippen molar-refractivity contribution in [3.8, 4) is 0 Å². The molecule has 0 heterocycles. The number of hydrogen-bond donors (Lipinski definition) is 0. The molecule has 0 radical (unpaired) electrons. The normalized spacial score (nSPS) is 15.7. The Bertz CT molecular complexity index is 305. The maximum absolute atomic E-state index is 13.6. The summed E-state index contributed by atoms with van der Waals surface area (Å²) in [7, 11) is -4.47. The number of alkyl halides is 2. The van der Waals surface area contributed by atoms with E-state index in [1.165, 1.54) is 41.5 Å². The highest BCUT2D eigenvalue weighted by Crippen LogP contribution is 2.44. The summed E-state index contributed by atoms with van der Waals surface area (Å²) in [5.74, 6) is 0. The van der Waals surface area contributed by atoms with Crippen molar-refractivity contribution in [2.24, 2.45) is 5.41 Å². The van der Waals surface area contributed by atoms with E-state index < -0.39 is 25.3 Å². The second kappa shape index (κ2) is 3.15. The molecular formula is C9H18F2O2S. The van der Waals surface area contributed by atoms with E-state index in [-0.39, 0.29) is 0 Å². The van der Waals surface area contributed by atoms with Gasteiger partial charge < -0.3 is 0 Å². The molecule has 0 rings (SSSR count). The van der Waals surface area contributed by atoms with Gasteiger partial charge in [0.1, 0.15) is 0 Å². The maximum atomic E-state index is 13.6. The molecule has 0 aromatic heterocycles. The fourth-order valence-corrected chi connectivity index (χ4v) is 2.36. The summed E-state index contributed by atoms with van der Waals surface area (Å²) in [6, 6.07) is 0. The molecule has 0 bridgehead atoms. The Morgan fingerprint density at radius 3 is 1.21 bits per heavy atom. The van der Waals surface area contributed by atoms with Crippen LogP contribution in [0.15, 0.2) is 0 Å². The van der Waals surface area contributed by atoms with Crippen molar-refractivity contribution in [3.63, 3.8) is 0 Å². The maximum Gasteiger partial charge on any atom is 0.350 e. The lowest BCUT2D eigenvalue weighted by atomic mass is 9.97. The average Bonchev–Trinajstić information content (AvgIpc) is 1.81. The zero-order valence-corrected chi connectivity index (χ0v) is 10.3. The van der Waals surface area contributed by atoms with Gasteiger partial charge >= 0.3 is 5.25 Å². The Labute approximate surface area is 84.6 Å². The predicted molar refractivity (Wildman–Crippen MR) is 53.1 cm³/mol. The summed E-state index contributed by atoms with van der Waals surface area (Å²) in [6.07, 6.45) is 0. The van der Waals surface area contributed by atoms with Crippen molar-refractivity contribution in [1.82, 2.24) is 0 Å². The Balaban J connectivity index is 5.56. The highest BCUT2D eigenvalue weighted by atomic mass is 32.2. The molecule has 5 heteroatoms. The van der Waals surface area contributed by atoms with Gasteiger partial charge in [-0.15, -0.1) is 0 Å². The molecule has 0 aromatic rings. The Morgan fingerprint density at radius 2 is 1.14 bits per heavy atom. The molecule has 14 heavy (non-hydrogen) atoms. The number of sulfone groups is 1. The molecule has 0 saturated heterocycles. The first-order chi connectivity index (χ1) is 5.75. The zero-order chi connectivity index (χ0) is 12.0. The lowest BCUT2D eigenvalue weighted by Crippen LogP contribution is -2.49. The minimum Gasteiger partial charge on any atom is -0.222 e. The highest BCUT2D eigenvalue weighted by Gasteiger charge is 2.58. The van der Waals surface area contributed by atoms with Crippen LogP contribution in [-0.2, 0) is 9.84 Å². The van der Waals surface area contributed by atoms with E-state index in [1.807, 2.05) is 0 Å². The summed E-state index contributed by atoms with van der Waals surface area (Å²) in [5.41, 5.74) is -1.58. The molecule has 0 aromatic carbocycles. The van der Waals surface area contributed by atoms with Crippen LogP contribution in [0, 0.1) is 5.41 Å². The van der Waals surface area contributed by atoms with Gasteiger partial charge in [0.15, 0.2) is 0 Å². The molecule has 0 spiro atoms. The van der Waals surface area contributed by atoms with Crippen molar-refractivity contribution < 1.29 is 17.2 Å². The van der Waals surface area contributed by atoms with E-state index in [1.54, 1.807) is 0 Å². The fourth-order valence-electron chi connectivity index (χ4n) is 0.788. The monoisotopic (exact) mass is 228 g/mol. The molecule has 0 N–H and O–H groups in total. The van der Waals surface area contributed by atoms with Crippen LogP contribution in [0.1, 0.15) is 41.5 Å². The summed E-state index contributed by atoms with van der Waals surface area (Å²) >= 11 is 0. The molecule has 0 atom stereocenters. The molecule has 0 fully saturated rings. The van der Waals surface area contributed by atoms with E-state index >= 15 is 0 Å². The van der Waals surface area contributed by atoms with Crippen molar-refractivity contribution in [1.29, 1.82) is 0 Å².